The first kappa shape index (κ1) is 19.6. The fourth-order valence-electron chi connectivity index (χ4n) is 4.08. The Labute approximate surface area is 159 Å². The number of hydrogen-bond acceptors (Lipinski definition) is 6. The summed E-state index contributed by atoms with van der Waals surface area (Å²) in [6, 6.07) is 5.20. The van der Waals surface area contributed by atoms with Gasteiger partial charge in [-0.05, 0) is 51.4 Å². The van der Waals surface area contributed by atoms with Gasteiger partial charge in [0.15, 0.2) is 0 Å². The van der Waals surface area contributed by atoms with Gasteiger partial charge in [-0.2, -0.15) is 0 Å². The van der Waals surface area contributed by atoms with Crippen molar-refractivity contribution in [3.8, 4) is 0 Å². The van der Waals surface area contributed by atoms with Crippen molar-refractivity contribution in [2.75, 3.05) is 45.2 Å². The Bertz CT molecular complexity index is 690. The number of carbonyl (C=O) groups excluding carboxylic acids is 1. The van der Waals surface area contributed by atoms with Gasteiger partial charge in [-0.3, -0.25) is 19.8 Å². The fourth-order valence-corrected chi connectivity index (χ4v) is 4.08. The Hall–Kier alpha value is -2.19. The van der Waals surface area contributed by atoms with Gasteiger partial charge in [0.05, 0.1) is 11.5 Å². The van der Waals surface area contributed by atoms with Crippen LogP contribution in [0, 0.1) is 10.1 Å². The maximum atomic E-state index is 13.0. The van der Waals surface area contributed by atoms with Crippen molar-refractivity contribution in [1.82, 2.24) is 9.80 Å². The Kier molecular flexibility index (Phi) is 6.28. The number of anilines is 1. The molecule has 0 bridgehead atoms. The highest BCUT2D eigenvalue weighted by Gasteiger charge is 2.37. The van der Waals surface area contributed by atoms with Crippen molar-refractivity contribution in [1.29, 1.82) is 0 Å². The number of nitrogens with zero attached hydrogens (tertiary/aromatic N) is 3. The summed E-state index contributed by atoms with van der Waals surface area (Å²) in [5.74, 6) is -0.129. The molecule has 0 aromatic heterocycles. The van der Waals surface area contributed by atoms with E-state index < -0.39 is 4.92 Å². The summed E-state index contributed by atoms with van der Waals surface area (Å²) in [4.78, 5) is 28.3. The Morgan fingerprint density at radius 2 is 2.11 bits per heavy atom. The minimum Gasteiger partial charge on any atom is -0.383 e. The number of amides is 1. The average molecular weight is 376 g/mol. The molecule has 2 aliphatic heterocycles. The predicted molar refractivity (Wildman–Crippen MR) is 103 cm³/mol. The van der Waals surface area contributed by atoms with Gasteiger partial charge in [0.25, 0.3) is 11.6 Å². The molecule has 0 unspecified atom stereocenters. The topological polar surface area (TPSA) is 88.0 Å². The molecule has 2 atom stereocenters. The number of ether oxygens (including phenoxy) is 1. The van der Waals surface area contributed by atoms with Crippen molar-refractivity contribution >= 4 is 17.3 Å². The fraction of sp³-hybridized carbons (Fsp3) is 0.632. The molecule has 0 aliphatic carbocycles. The third-order valence-corrected chi connectivity index (χ3v) is 5.53. The van der Waals surface area contributed by atoms with E-state index in [1.807, 2.05) is 4.90 Å². The Balaban J connectivity index is 1.73. The van der Waals surface area contributed by atoms with Crippen LogP contribution in [0.25, 0.3) is 0 Å². The van der Waals surface area contributed by atoms with Crippen LogP contribution in [0.5, 0.6) is 0 Å². The van der Waals surface area contributed by atoms with Gasteiger partial charge in [-0.25, -0.2) is 0 Å². The molecule has 2 heterocycles. The summed E-state index contributed by atoms with van der Waals surface area (Å²) >= 11 is 0. The average Bonchev–Trinajstić information content (AvgIpc) is 3.31. The quantitative estimate of drug-likeness (QED) is 0.446. The molecule has 0 radical (unpaired) electrons. The zero-order valence-corrected chi connectivity index (χ0v) is 16.0. The number of benzene rings is 1. The minimum atomic E-state index is -0.452. The molecule has 0 spiro atoms. The molecule has 2 fully saturated rings. The van der Waals surface area contributed by atoms with Gasteiger partial charge in [0.2, 0.25) is 0 Å². The number of methoxy groups -OCH3 is 1. The van der Waals surface area contributed by atoms with E-state index in [-0.39, 0.29) is 17.6 Å². The number of nitro groups is 1. The second kappa shape index (κ2) is 8.67. The molecular weight excluding hydrogens is 348 g/mol. The summed E-state index contributed by atoms with van der Waals surface area (Å²) in [7, 11) is 1.57. The molecule has 8 heteroatoms. The van der Waals surface area contributed by atoms with Crippen LogP contribution >= 0.6 is 0 Å². The van der Waals surface area contributed by atoms with Gasteiger partial charge in [-0.1, -0.05) is 0 Å². The van der Waals surface area contributed by atoms with Crippen LogP contribution in [0.2, 0.25) is 0 Å². The minimum absolute atomic E-state index is 0.0834. The van der Waals surface area contributed by atoms with E-state index in [2.05, 4.69) is 17.1 Å². The van der Waals surface area contributed by atoms with Crippen molar-refractivity contribution < 1.29 is 14.5 Å². The largest absolute Gasteiger partial charge is 0.383 e. The SMILES string of the molecule is COCCNc1ccc(C(=O)N2C[C@H](N3CCCC3)C[C@@H]2C)cc1[N+](=O)[O-]. The van der Waals surface area contributed by atoms with Crippen molar-refractivity contribution in [2.45, 2.75) is 38.3 Å². The molecule has 0 saturated carbocycles. The Morgan fingerprint density at radius 1 is 1.37 bits per heavy atom. The van der Waals surface area contributed by atoms with Crippen LogP contribution in [0.4, 0.5) is 11.4 Å². The van der Waals surface area contributed by atoms with Gasteiger partial charge < -0.3 is 15.0 Å². The summed E-state index contributed by atoms with van der Waals surface area (Å²) in [6.07, 6.45) is 3.41. The zero-order chi connectivity index (χ0) is 19.4. The molecule has 1 amide bonds. The smallest absolute Gasteiger partial charge is 0.293 e. The zero-order valence-electron chi connectivity index (χ0n) is 16.0. The molecule has 1 aromatic carbocycles. The standard InChI is InChI=1S/C19H28N4O4/c1-14-11-16(21-8-3-4-9-21)13-22(14)19(24)15-5-6-17(20-7-10-27-2)18(12-15)23(25)26/h5-6,12,14,16,20H,3-4,7-11,13H2,1-2H3/t14-,16+/m0/s1. The predicted octanol–water partition coefficient (Wildman–Crippen LogP) is 2.35. The molecule has 3 rings (SSSR count). The lowest BCUT2D eigenvalue weighted by molar-refractivity contribution is -0.384. The van der Waals surface area contributed by atoms with Crippen LogP contribution in [0.1, 0.15) is 36.5 Å². The molecule has 8 nitrogen and oxygen atoms in total. The molecular formula is C19H28N4O4. The van der Waals surface area contributed by atoms with E-state index in [1.54, 1.807) is 19.2 Å². The first-order valence-electron chi connectivity index (χ1n) is 9.57. The summed E-state index contributed by atoms with van der Waals surface area (Å²) in [5.41, 5.74) is 0.686. The highest BCUT2D eigenvalue weighted by molar-refractivity contribution is 5.96. The highest BCUT2D eigenvalue weighted by Crippen LogP contribution is 2.29. The van der Waals surface area contributed by atoms with E-state index >= 15 is 0 Å². The van der Waals surface area contributed by atoms with Crippen molar-refractivity contribution in [3.63, 3.8) is 0 Å². The lowest BCUT2D eigenvalue weighted by Crippen LogP contribution is -2.38. The second-order valence-electron chi connectivity index (χ2n) is 7.35. The molecule has 2 saturated heterocycles. The number of carbonyl (C=O) groups is 1. The lowest BCUT2D eigenvalue weighted by Gasteiger charge is -2.24. The maximum absolute atomic E-state index is 13.0. The number of likely N-dealkylation sites (tertiary alicyclic amines) is 2. The van der Waals surface area contributed by atoms with E-state index in [4.69, 9.17) is 4.74 Å². The molecule has 27 heavy (non-hydrogen) atoms. The number of hydrogen-bond donors (Lipinski definition) is 1. The Morgan fingerprint density at radius 3 is 2.78 bits per heavy atom. The van der Waals surface area contributed by atoms with Crippen LogP contribution in [-0.4, -0.2) is 72.6 Å². The number of nitro benzene ring substituents is 1. The molecule has 2 aliphatic rings. The van der Waals surface area contributed by atoms with Crippen molar-refractivity contribution in [3.05, 3.63) is 33.9 Å². The van der Waals surface area contributed by atoms with Crippen LogP contribution < -0.4 is 5.32 Å². The third-order valence-electron chi connectivity index (χ3n) is 5.53. The maximum Gasteiger partial charge on any atom is 0.293 e. The number of nitrogens with one attached hydrogen (secondary N) is 1. The molecule has 148 valence electrons. The van der Waals surface area contributed by atoms with Crippen LogP contribution in [0.15, 0.2) is 18.2 Å². The first-order valence-corrected chi connectivity index (χ1v) is 9.57. The van der Waals surface area contributed by atoms with E-state index in [9.17, 15) is 14.9 Å². The lowest BCUT2D eigenvalue weighted by atomic mass is 10.1. The van der Waals surface area contributed by atoms with E-state index in [1.165, 1.54) is 18.9 Å². The van der Waals surface area contributed by atoms with E-state index in [0.29, 0.717) is 37.0 Å². The third kappa shape index (κ3) is 4.39. The van der Waals surface area contributed by atoms with Gasteiger partial charge >= 0.3 is 0 Å². The van der Waals surface area contributed by atoms with Crippen LogP contribution in [-0.2, 0) is 4.74 Å². The summed E-state index contributed by atoms with van der Waals surface area (Å²) in [5, 5.41) is 14.4. The van der Waals surface area contributed by atoms with Crippen molar-refractivity contribution in [2.24, 2.45) is 0 Å². The van der Waals surface area contributed by atoms with E-state index in [0.717, 1.165) is 19.5 Å². The molecule has 1 N–H and O–H groups in total. The monoisotopic (exact) mass is 376 g/mol. The highest BCUT2D eigenvalue weighted by atomic mass is 16.6. The summed E-state index contributed by atoms with van der Waals surface area (Å²) < 4.78 is 4.96. The molecule has 1 aromatic rings. The van der Waals surface area contributed by atoms with Crippen LogP contribution in [0.3, 0.4) is 0 Å². The van der Waals surface area contributed by atoms with Gasteiger partial charge in [0, 0.05) is 43.9 Å². The second-order valence-corrected chi connectivity index (χ2v) is 7.35. The number of rotatable bonds is 7. The van der Waals surface area contributed by atoms with Gasteiger partial charge in [0.1, 0.15) is 5.69 Å². The normalized spacial score (nSPS) is 23.0. The summed E-state index contributed by atoms with van der Waals surface area (Å²) in [6.45, 7) is 5.87. The van der Waals surface area contributed by atoms with Gasteiger partial charge in [-0.15, -0.1) is 0 Å². The first-order chi connectivity index (χ1) is 13.0.